The zero-order chi connectivity index (χ0) is 13.3. The molecular weight excluding hydrogens is 287 g/mol. The Balaban J connectivity index is 2.45. The van der Waals surface area contributed by atoms with Crippen molar-refractivity contribution >= 4 is 27.0 Å². The lowest BCUT2D eigenvalue weighted by atomic mass is 10.3. The van der Waals surface area contributed by atoms with Gasteiger partial charge in [0.1, 0.15) is 4.90 Å². The van der Waals surface area contributed by atoms with Crippen molar-refractivity contribution in [3.05, 3.63) is 46.4 Å². The standard InChI is InChI=1S/C10H6F3NO2S2/c11-7-1-2-8(10(13)9(7)12)18(15,16)14-6-3-4-17-5-6/h1-5,14H. The van der Waals surface area contributed by atoms with E-state index in [9.17, 15) is 21.6 Å². The summed E-state index contributed by atoms with van der Waals surface area (Å²) >= 11 is 1.23. The van der Waals surface area contributed by atoms with Crippen molar-refractivity contribution in [2.75, 3.05) is 4.72 Å². The Morgan fingerprint density at radius 2 is 1.78 bits per heavy atom. The fraction of sp³-hybridized carbons (Fsp3) is 0. The van der Waals surface area contributed by atoms with Crippen molar-refractivity contribution in [2.45, 2.75) is 4.90 Å². The Hall–Kier alpha value is -1.54. The molecule has 0 amide bonds. The van der Waals surface area contributed by atoms with Gasteiger partial charge in [0.25, 0.3) is 10.0 Å². The summed E-state index contributed by atoms with van der Waals surface area (Å²) in [4.78, 5) is -0.937. The predicted molar refractivity (Wildman–Crippen MR) is 61.4 cm³/mol. The maximum atomic E-state index is 13.4. The summed E-state index contributed by atoms with van der Waals surface area (Å²) in [6.07, 6.45) is 0. The molecule has 0 spiro atoms. The zero-order valence-corrected chi connectivity index (χ0v) is 10.3. The third kappa shape index (κ3) is 2.34. The molecule has 96 valence electrons. The molecule has 0 atom stereocenters. The van der Waals surface area contributed by atoms with E-state index in [1.807, 2.05) is 0 Å². The van der Waals surface area contributed by atoms with Crippen LogP contribution in [0.25, 0.3) is 0 Å². The molecule has 18 heavy (non-hydrogen) atoms. The van der Waals surface area contributed by atoms with E-state index in [2.05, 4.69) is 4.72 Å². The fourth-order valence-electron chi connectivity index (χ4n) is 1.25. The van der Waals surface area contributed by atoms with Crippen LogP contribution in [0.1, 0.15) is 0 Å². The highest BCUT2D eigenvalue weighted by Crippen LogP contribution is 2.23. The number of nitrogens with one attached hydrogen (secondary N) is 1. The van der Waals surface area contributed by atoms with Gasteiger partial charge in [0, 0.05) is 5.38 Å². The number of benzene rings is 1. The quantitative estimate of drug-likeness (QED) is 0.884. The van der Waals surface area contributed by atoms with E-state index in [1.54, 1.807) is 5.38 Å². The van der Waals surface area contributed by atoms with Crippen LogP contribution >= 0.6 is 11.3 Å². The van der Waals surface area contributed by atoms with Gasteiger partial charge in [0.05, 0.1) is 5.69 Å². The van der Waals surface area contributed by atoms with Crippen LogP contribution in [0.15, 0.2) is 33.9 Å². The molecule has 0 unspecified atom stereocenters. The van der Waals surface area contributed by atoms with Crippen molar-refractivity contribution in [3.63, 3.8) is 0 Å². The van der Waals surface area contributed by atoms with Gasteiger partial charge >= 0.3 is 0 Å². The summed E-state index contributed by atoms with van der Waals surface area (Å²) in [6.45, 7) is 0. The second kappa shape index (κ2) is 4.62. The first-order valence-corrected chi connectivity index (χ1v) is 7.03. The van der Waals surface area contributed by atoms with Crippen LogP contribution in [0.3, 0.4) is 0 Å². The summed E-state index contributed by atoms with van der Waals surface area (Å²) in [5.74, 6) is -5.00. The van der Waals surface area contributed by atoms with Crippen LogP contribution in [0, 0.1) is 17.5 Å². The molecule has 0 saturated heterocycles. The minimum Gasteiger partial charge on any atom is -0.279 e. The van der Waals surface area contributed by atoms with Crippen molar-refractivity contribution in [2.24, 2.45) is 0 Å². The summed E-state index contributed by atoms with van der Waals surface area (Å²) in [7, 11) is -4.28. The Kier molecular flexibility index (Phi) is 3.31. The first-order valence-electron chi connectivity index (χ1n) is 4.60. The average molecular weight is 293 g/mol. The minimum atomic E-state index is -4.28. The largest absolute Gasteiger partial charge is 0.279 e. The highest BCUT2D eigenvalue weighted by Gasteiger charge is 2.24. The van der Waals surface area contributed by atoms with Gasteiger partial charge in [-0.05, 0) is 23.6 Å². The van der Waals surface area contributed by atoms with Crippen LogP contribution in [0.5, 0.6) is 0 Å². The number of hydrogen-bond donors (Lipinski definition) is 1. The van der Waals surface area contributed by atoms with Crippen molar-refractivity contribution in [1.29, 1.82) is 0 Å². The van der Waals surface area contributed by atoms with Crippen LogP contribution in [-0.2, 0) is 10.0 Å². The van der Waals surface area contributed by atoms with Crippen molar-refractivity contribution < 1.29 is 21.6 Å². The van der Waals surface area contributed by atoms with E-state index < -0.39 is 32.4 Å². The van der Waals surface area contributed by atoms with E-state index in [4.69, 9.17) is 0 Å². The predicted octanol–water partition coefficient (Wildman–Crippen LogP) is 2.97. The number of halogens is 3. The molecule has 3 nitrogen and oxygen atoms in total. The van der Waals surface area contributed by atoms with E-state index in [0.717, 1.165) is 0 Å². The second-order valence-electron chi connectivity index (χ2n) is 3.29. The molecule has 1 aromatic heterocycles. The van der Waals surface area contributed by atoms with Crippen LogP contribution < -0.4 is 4.72 Å². The normalized spacial score (nSPS) is 11.5. The summed E-state index contributed by atoms with van der Waals surface area (Å²) < 4.78 is 64.6. The number of thiophene rings is 1. The van der Waals surface area contributed by atoms with Crippen molar-refractivity contribution in [1.82, 2.24) is 0 Å². The molecule has 2 aromatic rings. The first-order chi connectivity index (χ1) is 8.42. The van der Waals surface area contributed by atoms with Gasteiger partial charge in [-0.15, -0.1) is 0 Å². The highest BCUT2D eigenvalue weighted by molar-refractivity contribution is 7.92. The molecule has 0 aliphatic heterocycles. The zero-order valence-electron chi connectivity index (χ0n) is 8.65. The van der Waals surface area contributed by atoms with Crippen LogP contribution in [0.2, 0.25) is 0 Å². The maximum absolute atomic E-state index is 13.4. The Bertz CT molecular complexity index is 669. The molecule has 0 bridgehead atoms. The van der Waals surface area contributed by atoms with Gasteiger partial charge in [-0.3, -0.25) is 4.72 Å². The molecule has 8 heteroatoms. The second-order valence-corrected chi connectivity index (χ2v) is 5.72. The van der Waals surface area contributed by atoms with Gasteiger partial charge in [0.2, 0.25) is 0 Å². The highest BCUT2D eigenvalue weighted by atomic mass is 32.2. The van der Waals surface area contributed by atoms with Gasteiger partial charge in [-0.1, -0.05) is 0 Å². The topological polar surface area (TPSA) is 46.2 Å². The van der Waals surface area contributed by atoms with Crippen LogP contribution in [-0.4, -0.2) is 8.42 Å². The summed E-state index contributed by atoms with van der Waals surface area (Å²) in [5.41, 5.74) is 0.226. The lowest BCUT2D eigenvalue weighted by molar-refractivity contribution is 0.432. The molecule has 0 aliphatic rings. The summed E-state index contributed by atoms with van der Waals surface area (Å²) in [5, 5.41) is 3.09. The van der Waals surface area contributed by atoms with Gasteiger partial charge in [0.15, 0.2) is 17.5 Å². The molecule has 0 saturated carbocycles. The third-order valence-corrected chi connectivity index (χ3v) is 4.14. The number of sulfonamides is 1. The van der Waals surface area contributed by atoms with Gasteiger partial charge in [-0.2, -0.15) is 11.3 Å². The minimum absolute atomic E-state index is 0.226. The number of hydrogen-bond acceptors (Lipinski definition) is 3. The SMILES string of the molecule is O=S(=O)(Nc1ccsc1)c1ccc(F)c(F)c1F. The number of rotatable bonds is 3. The monoisotopic (exact) mass is 293 g/mol. The Morgan fingerprint density at radius 3 is 2.39 bits per heavy atom. The van der Waals surface area contributed by atoms with E-state index in [0.29, 0.717) is 12.1 Å². The average Bonchev–Trinajstić information content (AvgIpc) is 2.77. The molecule has 1 heterocycles. The van der Waals surface area contributed by atoms with Crippen LogP contribution in [0.4, 0.5) is 18.9 Å². The van der Waals surface area contributed by atoms with E-state index in [-0.39, 0.29) is 5.69 Å². The summed E-state index contributed by atoms with van der Waals surface area (Å²) in [6, 6.07) is 2.68. The lowest BCUT2D eigenvalue weighted by Gasteiger charge is -2.07. The van der Waals surface area contributed by atoms with Gasteiger partial charge in [-0.25, -0.2) is 21.6 Å². The smallest absolute Gasteiger partial charge is 0.264 e. The Labute approximate surface area is 105 Å². The molecule has 2 rings (SSSR count). The van der Waals surface area contributed by atoms with Crippen molar-refractivity contribution in [3.8, 4) is 0 Å². The van der Waals surface area contributed by atoms with E-state index in [1.165, 1.54) is 22.8 Å². The molecular formula is C10H6F3NO2S2. The Morgan fingerprint density at radius 1 is 1.06 bits per heavy atom. The van der Waals surface area contributed by atoms with E-state index >= 15 is 0 Å². The third-order valence-electron chi connectivity index (χ3n) is 2.06. The molecule has 0 fully saturated rings. The molecule has 0 aliphatic carbocycles. The molecule has 1 aromatic carbocycles. The first kappa shape index (κ1) is 12.9. The number of anilines is 1. The maximum Gasteiger partial charge on any atom is 0.264 e. The lowest BCUT2D eigenvalue weighted by Crippen LogP contribution is -2.15. The fourth-order valence-corrected chi connectivity index (χ4v) is 3.03. The van der Waals surface area contributed by atoms with Gasteiger partial charge < -0.3 is 0 Å². The molecule has 1 N–H and O–H groups in total. The molecule has 0 radical (unpaired) electrons.